The van der Waals surface area contributed by atoms with Crippen LogP contribution in [0.2, 0.25) is 0 Å². The van der Waals surface area contributed by atoms with Gasteiger partial charge in [0, 0.05) is 12.2 Å². The predicted molar refractivity (Wildman–Crippen MR) is 77.2 cm³/mol. The van der Waals surface area contributed by atoms with Crippen LogP contribution >= 0.6 is 11.6 Å². The molecule has 0 aliphatic heterocycles. The molecule has 114 valence electrons. The molecule has 0 fully saturated rings. The second-order valence-corrected chi connectivity index (χ2v) is 7.47. The monoisotopic (exact) mass is 325 g/mol. The lowest BCUT2D eigenvalue weighted by molar-refractivity contribution is 0.234. The highest BCUT2D eigenvalue weighted by Crippen LogP contribution is 2.20. The molecule has 0 bridgehead atoms. The van der Waals surface area contributed by atoms with Gasteiger partial charge >= 0.3 is 5.76 Å². The van der Waals surface area contributed by atoms with E-state index in [2.05, 4.69) is 19.2 Å². The number of hydrogen-bond acceptors (Lipinski definition) is 3. The topological polar surface area (TPSA) is 46.2 Å². The summed E-state index contributed by atoms with van der Waals surface area (Å²) in [5.74, 6) is -2.92. The SMILES string of the molecule is CC(C)CC(Cl)CNc1ccc(S(=O)(=O)C(F)F)cc1. The fourth-order valence-corrected chi connectivity index (χ4v) is 2.84. The number of anilines is 1. The molecule has 0 saturated carbocycles. The molecular formula is C13H18ClF2NO2S. The Morgan fingerprint density at radius 3 is 2.20 bits per heavy atom. The zero-order valence-corrected chi connectivity index (χ0v) is 12.9. The number of halogens is 3. The maximum absolute atomic E-state index is 12.4. The molecule has 1 atom stereocenters. The van der Waals surface area contributed by atoms with E-state index in [0.29, 0.717) is 18.2 Å². The van der Waals surface area contributed by atoms with Gasteiger partial charge in [0.15, 0.2) is 0 Å². The highest BCUT2D eigenvalue weighted by atomic mass is 35.5. The highest BCUT2D eigenvalue weighted by Gasteiger charge is 2.26. The van der Waals surface area contributed by atoms with Crippen molar-refractivity contribution in [1.29, 1.82) is 0 Å². The van der Waals surface area contributed by atoms with Gasteiger partial charge in [-0.1, -0.05) is 13.8 Å². The third kappa shape index (κ3) is 4.90. The average molecular weight is 326 g/mol. The van der Waals surface area contributed by atoms with E-state index in [1.54, 1.807) is 0 Å². The summed E-state index contributed by atoms with van der Waals surface area (Å²) in [6.45, 7) is 4.67. The molecule has 3 nitrogen and oxygen atoms in total. The van der Waals surface area contributed by atoms with Gasteiger partial charge in [0.1, 0.15) is 0 Å². The maximum atomic E-state index is 12.4. The molecule has 1 aromatic carbocycles. The number of alkyl halides is 3. The van der Waals surface area contributed by atoms with Crippen LogP contribution in [0.25, 0.3) is 0 Å². The van der Waals surface area contributed by atoms with Crippen LogP contribution in [0, 0.1) is 5.92 Å². The van der Waals surface area contributed by atoms with E-state index in [1.165, 1.54) is 12.1 Å². The third-order valence-electron chi connectivity index (χ3n) is 2.67. The lowest BCUT2D eigenvalue weighted by atomic mass is 10.1. The smallest absolute Gasteiger partial charge is 0.341 e. The molecule has 0 spiro atoms. The van der Waals surface area contributed by atoms with E-state index in [4.69, 9.17) is 11.6 Å². The minimum atomic E-state index is -4.53. The van der Waals surface area contributed by atoms with Crippen LogP contribution in [-0.4, -0.2) is 26.1 Å². The normalized spacial score (nSPS) is 13.8. The highest BCUT2D eigenvalue weighted by molar-refractivity contribution is 7.91. The summed E-state index contributed by atoms with van der Waals surface area (Å²) in [6, 6.07) is 5.23. The van der Waals surface area contributed by atoms with Gasteiger partial charge in [-0.25, -0.2) is 8.42 Å². The Labute approximate surface area is 123 Å². The summed E-state index contributed by atoms with van der Waals surface area (Å²) < 4.78 is 47.2. The zero-order valence-electron chi connectivity index (χ0n) is 11.3. The molecule has 0 heterocycles. The van der Waals surface area contributed by atoms with E-state index in [9.17, 15) is 17.2 Å². The van der Waals surface area contributed by atoms with Crippen molar-refractivity contribution in [2.24, 2.45) is 5.92 Å². The van der Waals surface area contributed by atoms with Gasteiger partial charge in [-0.05, 0) is 36.6 Å². The van der Waals surface area contributed by atoms with Gasteiger partial charge in [0.05, 0.1) is 10.3 Å². The number of rotatable bonds is 7. The Morgan fingerprint density at radius 1 is 1.20 bits per heavy atom. The van der Waals surface area contributed by atoms with Gasteiger partial charge in [-0.2, -0.15) is 8.78 Å². The zero-order chi connectivity index (χ0) is 15.3. The van der Waals surface area contributed by atoms with Crippen molar-refractivity contribution < 1.29 is 17.2 Å². The fourth-order valence-electron chi connectivity index (χ4n) is 1.69. The molecule has 0 aliphatic rings. The average Bonchev–Trinajstić information content (AvgIpc) is 2.36. The van der Waals surface area contributed by atoms with E-state index < -0.39 is 15.6 Å². The molecule has 1 rings (SSSR count). The summed E-state index contributed by atoms with van der Waals surface area (Å²) >= 11 is 6.11. The Morgan fingerprint density at radius 2 is 1.75 bits per heavy atom. The van der Waals surface area contributed by atoms with Crippen LogP contribution in [0.4, 0.5) is 14.5 Å². The second-order valence-electron chi connectivity index (χ2n) is 4.94. The predicted octanol–water partition coefficient (Wildman–Crippen LogP) is 3.75. The summed E-state index contributed by atoms with van der Waals surface area (Å²) in [4.78, 5) is -0.386. The van der Waals surface area contributed by atoms with Crippen LogP contribution < -0.4 is 5.32 Å². The molecule has 1 N–H and O–H groups in total. The summed E-state index contributed by atoms with van der Waals surface area (Å²) in [7, 11) is -4.53. The number of benzene rings is 1. The van der Waals surface area contributed by atoms with Crippen LogP contribution in [0.15, 0.2) is 29.2 Å². The largest absolute Gasteiger partial charge is 0.384 e. The molecule has 1 aromatic rings. The molecule has 20 heavy (non-hydrogen) atoms. The second kappa shape index (κ2) is 7.22. The minimum Gasteiger partial charge on any atom is -0.384 e. The van der Waals surface area contributed by atoms with Gasteiger partial charge in [-0.3, -0.25) is 0 Å². The van der Waals surface area contributed by atoms with Crippen molar-refractivity contribution in [3.63, 3.8) is 0 Å². The van der Waals surface area contributed by atoms with Crippen molar-refractivity contribution in [3.05, 3.63) is 24.3 Å². The van der Waals surface area contributed by atoms with Crippen LogP contribution in [0.5, 0.6) is 0 Å². The third-order valence-corrected chi connectivity index (χ3v) is 4.40. The van der Waals surface area contributed by atoms with Crippen LogP contribution in [-0.2, 0) is 9.84 Å². The molecule has 0 amide bonds. The Balaban J connectivity index is 2.64. The van der Waals surface area contributed by atoms with Gasteiger partial charge in [-0.15, -0.1) is 11.6 Å². The van der Waals surface area contributed by atoms with Crippen molar-refractivity contribution in [3.8, 4) is 0 Å². The van der Waals surface area contributed by atoms with E-state index in [-0.39, 0.29) is 10.3 Å². The summed E-state index contributed by atoms with van der Waals surface area (Å²) in [5, 5.41) is 3.00. The molecule has 1 unspecified atom stereocenters. The van der Waals surface area contributed by atoms with E-state index in [1.807, 2.05) is 0 Å². The quantitative estimate of drug-likeness (QED) is 0.777. The first-order valence-electron chi connectivity index (χ1n) is 6.23. The Kier molecular flexibility index (Phi) is 6.20. The number of sulfone groups is 1. The standard InChI is InChI=1S/C13H18ClF2NO2S/c1-9(2)7-10(14)8-17-11-3-5-12(6-4-11)20(18,19)13(15)16/h3-6,9-10,13,17H,7-8H2,1-2H3. The molecule has 0 aliphatic carbocycles. The Bertz CT molecular complexity index is 518. The van der Waals surface area contributed by atoms with Gasteiger partial charge < -0.3 is 5.32 Å². The van der Waals surface area contributed by atoms with Gasteiger partial charge in [0.25, 0.3) is 0 Å². The summed E-state index contributed by atoms with van der Waals surface area (Å²) in [6.07, 6.45) is 0.854. The fraction of sp³-hybridized carbons (Fsp3) is 0.538. The Hall–Kier alpha value is -0.880. The first-order valence-corrected chi connectivity index (χ1v) is 8.21. The first kappa shape index (κ1) is 17.2. The lowest BCUT2D eigenvalue weighted by Crippen LogP contribution is -2.16. The summed E-state index contributed by atoms with van der Waals surface area (Å²) in [5.41, 5.74) is 0.646. The lowest BCUT2D eigenvalue weighted by Gasteiger charge is -2.14. The molecule has 0 radical (unpaired) electrons. The van der Waals surface area contributed by atoms with Crippen molar-refractivity contribution in [1.82, 2.24) is 0 Å². The van der Waals surface area contributed by atoms with Crippen LogP contribution in [0.3, 0.4) is 0 Å². The van der Waals surface area contributed by atoms with Gasteiger partial charge in [0.2, 0.25) is 9.84 Å². The minimum absolute atomic E-state index is 0.0422. The number of hydrogen-bond donors (Lipinski definition) is 1. The van der Waals surface area contributed by atoms with Crippen molar-refractivity contribution in [2.75, 3.05) is 11.9 Å². The van der Waals surface area contributed by atoms with Crippen molar-refractivity contribution in [2.45, 2.75) is 36.3 Å². The number of nitrogens with one attached hydrogen (secondary N) is 1. The maximum Gasteiger partial charge on any atom is 0.341 e. The molecule has 0 saturated heterocycles. The van der Waals surface area contributed by atoms with E-state index >= 15 is 0 Å². The first-order chi connectivity index (χ1) is 9.23. The van der Waals surface area contributed by atoms with Crippen molar-refractivity contribution >= 4 is 27.1 Å². The molecule has 7 heteroatoms. The van der Waals surface area contributed by atoms with E-state index in [0.717, 1.165) is 18.6 Å². The van der Waals surface area contributed by atoms with Crippen LogP contribution in [0.1, 0.15) is 20.3 Å². The molecular weight excluding hydrogens is 308 g/mol. The molecule has 0 aromatic heterocycles.